The number of rotatable bonds is 2. The van der Waals surface area contributed by atoms with Gasteiger partial charge in [-0.15, -0.1) is 0 Å². The van der Waals surface area contributed by atoms with E-state index in [2.05, 4.69) is 0 Å². The Morgan fingerprint density at radius 1 is 1.00 bits per heavy atom. The summed E-state index contributed by atoms with van der Waals surface area (Å²) in [5.74, 6) is -2.03. The van der Waals surface area contributed by atoms with Crippen molar-refractivity contribution >= 4 is 11.6 Å². The fourth-order valence-electron chi connectivity index (χ4n) is 1.60. The monoisotopic (exact) mass is 274 g/mol. The van der Waals surface area contributed by atoms with Crippen LogP contribution in [0.3, 0.4) is 0 Å². The quantitative estimate of drug-likeness (QED) is 0.658. The van der Waals surface area contributed by atoms with E-state index in [9.17, 15) is 17.6 Å². The first-order valence-electron chi connectivity index (χ1n) is 5.02. The van der Waals surface area contributed by atoms with E-state index in [0.717, 1.165) is 12.1 Å². The van der Waals surface area contributed by atoms with Crippen molar-refractivity contribution in [1.29, 1.82) is 0 Å². The van der Waals surface area contributed by atoms with Crippen LogP contribution in [-0.2, 0) is 0 Å². The van der Waals surface area contributed by atoms with Crippen LogP contribution in [0.1, 0.15) is 12.0 Å². The van der Waals surface area contributed by atoms with E-state index < -0.39 is 18.1 Å². The highest BCUT2D eigenvalue weighted by Gasteiger charge is 2.15. The lowest BCUT2D eigenvalue weighted by molar-refractivity contribution is 0.151. The van der Waals surface area contributed by atoms with Crippen molar-refractivity contribution in [2.75, 3.05) is 0 Å². The maximum atomic E-state index is 13.5. The van der Waals surface area contributed by atoms with Crippen molar-refractivity contribution in [2.24, 2.45) is 0 Å². The van der Waals surface area contributed by atoms with E-state index in [1.807, 2.05) is 0 Å². The van der Waals surface area contributed by atoms with Gasteiger partial charge in [-0.05, 0) is 17.7 Å². The first-order chi connectivity index (χ1) is 8.50. The van der Waals surface area contributed by atoms with Crippen LogP contribution in [0, 0.1) is 11.6 Å². The zero-order valence-electron chi connectivity index (χ0n) is 8.93. The van der Waals surface area contributed by atoms with E-state index in [4.69, 9.17) is 11.6 Å². The van der Waals surface area contributed by atoms with E-state index in [1.54, 1.807) is 0 Å². The summed E-state index contributed by atoms with van der Waals surface area (Å²) in [6.45, 7) is 0. The molecule has 0 bridgehead atoms. The van der Waals surface area contributed by atoms with Crippen LogP contribution in [0.5, 0.6) is 0 Å². The van der Waals surface area contributed by atoms with E-state index >= 15 is 0 Å². The minimum Gasteiger partial charge on any atom is -0.205 e. The predicted molar refractivity (Wildman–Crippen MR) is 61.8 cm³/mol. The molecule has 0 nitrogen and oxygen atoms in total. The Balaban J connectivity index is 2.52. The molecule has 0 N–H and O–H groups in total. The maximum absolute atomic E-state index is 13.5. The molecule has 0 unspecified atom stereocenters. The Bertz CT molecular complexity index is 581. The van der Waals surface area contributed by atoms with Gasteiger partial charge in [0.2, 0.25) is 0 Å². The molecule has 0 heterocycles. The molecule has 2 aromatic carbocycles. The third-order valence-corrected chi connectivity index (χ3v) is 2.83. The molecule has 0 aliphatic rings. The molecular formula is C13H7ClF4. The molecule has 94 valence electrons. The van der Waals surface area contributed by atoms with Crippen molar-refractivity contribution in [3.05, 3.63) is 58.6 Å². The van der Waals surface area contributed by atoms with Crippen molar-refractivity contribution < 1.29 is 17.6 Å². The van der Waals surface area contributed by atoms with E-state index in [1.165, 1.54) is 24.3 Å². The minimum atomic E-state index is -2.70. The lowest BCUT2D eigenvalue weighted by Gasteiger charge is -2.08. The topological polar surface area (TPSA) is 0 Å². The molecule has 0 aliphatic carbocycles. The van der Waals surface area contributed by atoms with Gasteiger partial charge in [0.25, 0.3) is 6.43 Å². The molecule has 0 fully saturated rings. The average molecular weight is 275 g/mol. The molecule has 0 aliphatic heterocycles. The molecule has 0 radical (unpaired) electrons. The highest BCUT2D eigenvalue weighted by Crippen LogP contribution is 2.32. The van der Waals surface area contributed by atoms with Gasteiger partial charge in [0.05, 0.1) is 5.02 Å². The average Bonchev–Trinajstić information content (AvgIpc) is 2.32. The zero-order chi connectivity index (χ0) is 13.3. The van der Waals surface area contributed by atoms with Gasteiger partial charge in [-0.3, -0.25) is 0 Å². The van der Waals surface area contributed by atoms with Crippen molar-refractivity contribution in [3.63, 3.8) is 0 Å². The third kappa shape index (κ3) is 2.34. The minimum absolute atomic E-state index is 0.0160. The predicted octanol–water partition coefficient (Wildman–Crippen LogP) is 5.22. The standard InChI is InChI=1S/C13H7ClF4/c14-10-6-7(4-5-9(10)13(17)18)8-2-1-3-11(15)12(8)16/h1-6,13H. The Morgan fingerprint density at radius 2 is 1.72 bits per heavy atom. The highest BCUT2D eigenvalue weighted by atomic mass is 35.5. The maximum Gasteiger partial charge on any atom is 0.265 e. The summed E-state index contributed by atoms with van der Waals surface area (Å²) < 4.78 is 51.5. The van der Waals surface area contributed by atoms with Gasteiger partial charge >= 0.3 is 0 Å². The van der Waals surface area contributed by atoms with Crippen LogP contribution >= 0.6 is 11.6 Å². The van der Waals surface area contributed by atoms with Crippen LogP contribution in [0.25, 0.3) is 11.1 Å². The number of benzene rings is 2. The van der Waals surface area contributed by atoms with E-state index in [0.29, 0.717) is 0 Å². The summed E-state index contributed by atoms with van der Waals surface area (Å²) >= 11 is 5.67. The van der Waals surface area contributed by atoms with Crippen LogP contribution in [0.4, 0.5) is 17.6 Å². The fraction of sp³-hybridized carbons (Fsp3) is 0.0769. The second kappa shape index (κ2) is 4.98. The summed E-state index contributed by atoms with van der Waals surface area (Å²) in [4.78, 5) is 0. The largest absolute Gasteiger partial charge is 0.265 e. The molecular weight excluding hydrogens is 268 g/mol. The van der Waals surface area contributed by atoms with Crippen molar-refractivity contribution in [3.8, 4) is 11.1 Å². The van der Waals surface area contributed by atoms with Gasteiger partial charge in [0.1, 0.15) is 0 Å². The molecule has 0 saturated heterocycles. The number of hydrogen-bond acceptors (Lipinski definition) is 0. The van der Waals surface area contributed by atoms with Crippen LogP contribution in [0.15, 0.2) is 36.4 Å². The van der Waals surface area contributed by atoms with Crippen LogP contribution in [0.2, 0.25) is 5.02 Å². The SMILES string of the molecule is Fc1cccc(-c2ccc(C(F)F)c(Cl)c2)c1F. The number of hydrogen-bond donors (Lipinski definition) is 0. The summed E-state index contributed by atoms with van der Waals surface area (Å²) in [6, 6.07) is 7.25. The van der Waals surface area contributed by atoms with Gasteiger partial charge in [0, 0.05) is 11.1 Å². The van der Waals surface area contributed by atoms with Gasteiger partial charge in [-0.25, -0.2) is 17.6 Å². The molecule has 0 saturated carbocycles. The molecule has 2 aromatic rings. The van der Waals surface area contributed by atoms with Gasteiger partial charge in [-0.1, -0.05) is 35.9 Å². The Morgan fingerprint density at radius 3 is 2.33 bits per heavy atom. The third-order valence-electron chi connectivity index (χ3n) is 2.50. The molecule has 0 spiro atoms. The van der Waals surface area contributed by atoms with Crippen LogP contribution < -0.4 is 0 Å². The lowest BCUT2D eigenvalue weighted by Crippen LogP contribution is -1.91. The highest BCUT2D eigenvalue weighted by molar-refractivity contribution is 6.31. The number of halogens is 5. The Kier molecular flexibility index (Phi) is 3.57. The molecule has 0 atom stereocenters. The van der Waals surface area contributed by atoms with Crippen molar-refractivity contribution in [2.45, 2.75) is 6.43 Å². The Labute approximate surface area is 106 Å². The van der Waals surface area contributed by atoms with Gasteiger partial charge in [0.15, 0.2) is 11.6 Å². The molecule has 0 amide bonds. The van der Waals surface area contributed by atoms with Crippen LogP contribution in [-0.4, -0.2) is 0 Å². The summed E-state index contributed by atoms with van der Waals surface area (Å²) in [6.07, 6.45) is -2.70. The van der Waals surface area contributed by atoms with Crippen molar-refractivity contribution in [1.82, 2.24) is 0 Å². The molecule has 2 rings (SSSR count). The van der Waals surface area contributed by atoms with Gasteiger partial charge in [-0.2, -0.15) is 0 Å². The zero-order valence-corrected chi connectivity index (χ0v) is 9.69. The summed E-state index contributed by atoms with van der Waals surface area (Å²) in [5, 5.41) is -0.175. The normalized spacial score (nSPS) is 11.0. The second-order valence-corrected chi connectivity index (χ2v) is 4.05. The summed E-state index contributed by atoms with van der Waals surface area (Å²) in [7, 11) is 0. The summed E-state index contributed by atoms with van der Waals surface area (Å²) in [5.41, 5.74) is -0.101. The molecule has 5 heteroatoms. The van der Waals surface area contributed by atoms with Gasteiger partial charge < -0.3 is 0 Å². The fourth-order valence-corrected chi connectivity index (χ4v) is 1.86. The number of alkyl halides is 2. The Hall–Kier alpha value is -1.55. The first kappa shape index (κ1) is 12.9. The smallest absolute Gasteiger partial charge is 0.205 e. The lowest BCUT2D eigenvalue weighted by atomic mass is 10.0. The molecule has 18 heavy (non-hydrogen) atoms. The first-order valence-corrected chi connectivity index (χ1v) is 5.40. The second-order valence-electron chi connectivity index (χ2n) is 3.64. The molecule has 0 aromatic heterocycles. The van der Waals surface area contributed by atoms with E-state index in [-0.39, 0.29) is 21.7 Å².